The number of hydrogen-bond donors (Lipinski definition) is 0. The van der Waals surface area contributed by atoms with Gasteiger partial charge in [-0.3, -0.25) is 4.79 Å². The van der Waals surface area contributed by atoms with Gasteiger partial charge in [0, 0.05) is 26.3 Å². The minimum atomic E-state index is -4.02. The Hall–Kier alpha value is -2.67. The van der Waals surface area contributed by atoms with Crippen LogP contribution in [-0.2, 0) is 23.3 Å². The highest BCUT2D eigenvalue weighted by Crippen LogP contribution is 2.29. The SMILES string of the molecule is CCc1ccc(S(=O)(=O)c2cn(C)c3cc(N4CCC(C)CC4)c(F)cc3c2=O)cc1. The maximum atomic E-state index is 15.0. The molecule has 31 heavy (non-hydrogen) atoms. The molecule has 0 atom stereocenters. The third-order valence-electron chi connectivity index (χ3n) is 6.28. The number of benzene rings is 2. The zero-order valence-electron chi connectivity index (χ0n) is 18.1. The normalized spacial score (nSPS) is 15.5. The van der Waals surface area contributed by atoms with Crippen molar-refractivity contribution in [1.29, 1.82) is 0 Å². The van der Waals surface area contributed by atoms with Crippen LogP contribution in [0.15, 0.2) is 57.2 Å². The Kier molecular flexibility index (Phi) is 5.64. The van der Waals surface area contributed by atoms with Crippen molar-refractivity contribution >= 4 is 26.4 Å². The zero-order chi connectivity index (χ0) is 22.3. The average Bonchev–Trinajstić information content (AvgIpc) is 2.76. The molecule has 2 aromatic carbocycles. The Morgan fingerprint density at radius 1 is 1.10 bits per heavy atom. The molecule has 5 nitrogen and oxygen atoms in total. The number of pyridine rings is 1. The molecule has 164 valence electrons. The zero-order valence-corrected chi connectivity index (χ0v) is 18.9. The van der Waals surface area contributed by atoms with Crippen molar-refractivity contribution in [2.24, 2.45) is 13.0 Å². The van der Waals surface area contributed by atoms with Crippen molar-refractivity contribution in [3.05, 3.63) is 64.2 Å². The van der Waals surface area contributed by atoms with Gasteiger partial charge in [-0.15, -0.1) is 0 Å². The Morgan fingerprint density at radius 3 is 2.35 bits per heavy atom. The molecule has 7 heteroatoms. The highest BCUT2D eigenvalue weighted by atomic mass is 32.2. The van der Waals surface area contributed by atoms with Crippen LogP contribution in [-0.4, -0.2) is 26.1 Å². The van der Waals surface area contributed by atoms with E-state index in [-0.39, 0.29) is 15.2 Å². The summed E-state index contributed by atoms with van der Waals surface area (Å²) in [5.74, 6) is 0.115. The standard InChI is InChI=1S/C24H27FN2O3S/c1-4-17-5-7-18(8-6-17)31(29,30)23-15-26(3)21-14-22(20(25)13-19(21)24(23)28)27-11-9-16(2)10-12-27/h5-8,13-16H,4,9-12H2,1-3H3. The monoisotopic (exact) mass is 442 g/mol. The Bertz CT molecular complexity index is 1290. The highest BCUT2D eigenvalue weighted by molar-refractivity contribution is 7.91. The Balaban J connectivity index is 1.83. The molecular weight excluding hydrogens is 415 g/mol. The van der Waals surface area contributed by atoms with Crippen LogP contribution < -0.4 is 10.3 Å². The van der Waals surface area contributed by atoms with Crippen molar-refractivity contribution in [1.82, 2.24) is 4.57 Å². The van der Waals surface area contributed by atoms with E-state index in [1.54, 1.807) is 29.8 Å². The molecule has 3 aromatic rings. The van der Waals surface area contributed by atoms with E-state index in [9.17, 15) is 13.2 Å². The number of halogens is 1. The lowest BCUT2D eigenvalue weighted by Gasteiger charge is -2.32. The summed E-state index contributed by atoms with van der Waals surface area (Å²) in [4.78, 5) is 14.8. The van der Waals surface area contributed by atoms with Gasteiger partial charge in [0.1, 0.15) is 10.7 Å². The van der Waals surface area contributed by atoms with E-state index in [1.807, 2.05) is 11.8 Å². The molecular formula is C24H27FN2O3S. The van der Waals surface area contributed by atoms with Gasteiger partial charge in [0.15, 0.2) is 0 Å². The van der Waals surface area contributed by atoms with Crippen molar-refractivity contribution in [2.45, 2.75) is 42.9 Å². The van der Waals surface area contributed by atoms with Gasteiger partial charge in [-0.2, -0.15) is 0 Å². The maximum Gasteiger partial charge on any atom is 0.211 e. The number of anilines is 1. The quantitative estimate of drug-likeness (QED) is 0.604. The van der Waals surface area contributed by atoms with Crippen molar-refractivity contribution in [2.75, 3.05) is 18.0 Å². The van der Waals surface area contributed by atoms with Crippen LogP contribution in [0.2, 0.25) is 0 Å². The van der Waals surface area contributed by atoms with Gasteiger partial charge in [0.25, 0.3) is 0 Å². The third-order valence-corrected chi connectivity index (χ3v) is 8.04. The second kappa shape index (κ2) is 8.11. The predicted octanol–water partition coefficient (Wildman–Crippen LogP) is 4.31. The number of nitrogens with zero attached hydrogens (tertiary/aromatic N) is 2. The molecule has 0 radical (unpaired) electrons. The van der Waals surface area contributed by atoms with Gasteiger partial charge in [-0.1, -0.05) is 26.0 Å². The maximum absolute atomic E-state index is 15.0. The van der Waals surface area contributed by atoms with Gasteiger partial charge >= 0.3 is 0 Å². The van der Waals surface area contributed by atoms with E-state index in [1.165, 1.54) is 24.4 Å². The topological polar surface area (TPSA) is 59.4 Å². The Labute approximate surface area is 182 Å². The van der Waals surface area contributed by atoms with Gasteiger partial charge in [0.2, 0.25) is 15.3 Å². The lowest BCUT2D eigenvalue weighted by atomic mass is 9.98. The first-order chi connectivity index (χ1) is 14.7. The first-order valence-corrected chi connectivity index (χ1v) is 12.1. The first-order valence-electron chi connectivity index (χ1n) is 10.6. The van der Waals surface area contributed by atoms with Crippen LogP contribution in [0, 0.1) is 11.7 Å². The molecule has 1 aromatic heterocycles. The van der Waals surface area contributed by atoms with E-state index in [2.05, 4.69) is 6.92 Å². The molecule has 1 saturated heterocycles. The summed E-state index contributed by atoms with van der Waals surface area (Å²) in [6.45, 7) is 5.70. The summed E-state index contributed by atoms with van der Waals surface area (Å²) in [5.41, 5.74) is 1.30. The van der Waals surface area contributed by atoms with Gasteiger partial charge in [-0.05, 0) is 55.0 Å². The van der Waals surface area contributed by atoms with Crippen LogP contribution in [0.4, 0.5) is 10.1 Å². The van der Waals surface area contributed by atoms with Crippen LogP contribution in [0.5, 0.6) is 0 Å². The fourth-order valence-corrected chi connectivity index (χ4v) is 5.58. The molecule has 0 unspecified atom stereocenters. The van der Waals surface area contributed by atoms with Crippen molar-refractivity contribution in [3.8, 4) is 0 Å². The van der Waals surface area contributed by atoms with Gasteiger partial charge in [-0.25, -0.2) is 12.8 Å². The van der Waals surface area contributed by atoms with Crippen molar-refractivity contribution in [3.63, 3.8) is 0 Å². The summed E-state index contributed by atoms with van der Waals surface area (Å²) in [7, 11) is -2.34. The van der Waals surface area contributed by atoms with E-state index >= 15 is 4.39 Å². The minimum absolute atomic E-state index is 0.0562. The molecule has 1 aliphatic heterocycles. The van der Waals surface area contributed by atoms with E-state index in [0.717, 1.165) is 37.9 Å². The van der Waals surface area contributed by atoms with E-state index < -0.39 is 21.1 Å². The molecule has 0 aliphatic carbocycles. The minimum Gasteiger partial charge on any atom is -0.369 e. The number of sulfone groups is 1. The van der Waals surface area contributed by atoms with Gasteiger partial charge in [0.05, 0.1) is 21.5 Å². The number of aryl methyl sites for hydroxylation is 2. The Morgan fingerprint density at radius 2 is 1.74 bits per heavy atom. The van der Waals surface area contributed by atoms with Crippen LogP contribution in [0.25, 0.3) is 10.9 Å². The number of hydrogen-bond acceptors (Lipinski definition) is 4. The summed E-state index contributed by atoms with van der Waals surface area (Å²) in [6, 6.07) is 9.35. The number of rotatable bonds is 4. The van der Waals surface area contributed by atoms with Crippen LogP contribution in [0.3, 0.4) is 0 Å². The van der Waals surface area contributed by atoms with Crippen LogP contribution >= 0.6 is 0 Å². The van der Waals surface area contributed by atoms with E-state index in [4.69, 9.17) is 0 Å². The molecule has 1 fully saturated rings. The summed E-state index contributed by atoms with van der Waals surface area (Å²) >= 11 is 0. The fraction of sp³-hybridized carbons (Fsp3) is 0.375. The molecule has 0 amide bonds. The number of fused-ring (bicyclic) bond motifs is 1. The first kappa shape index (κ1) is 21.6. The average molecular weight is 443 g/mol. The van der Waals surface area contributed by atoms with Gasteiger partial charge < -0.3 is 9.47 Å². The lowest BCUT2D eigenvalue weighted by molar-refractivity contribution is 0.434. The van der Waals surface area contributed by atoms with Crippen molar-refractivity contribution < 1.29 is 12.8 Å². The second-order valence-electron chi connectivity index (χ2n) is 8.42. The third kappa shape index (κ3) is 3.87. The molecule has 0 bridgehead atoms. The van der Waals surface area contributed by atoms with E-state index in [0.29, 0.717) is 17.1 Å². The fourth-order valence-electron chi connectivity index (χ4n) is 4.18. The molecule has 0 N–H and O–H groups in total. The largest absolute Gasteiger partial charge is 0.369 e. The smallest absolute Gasteiger partial charge is 0.211 e. The molecule has 0 saturated carbocycles. The van der Waals surface area contributed by atoms with Crippen LogP contribution in [0.1, 0.15) is 32.3 Å². The summed E-state index contributed by atoms with van der Waals surface area (Å²) in [6.07, 6.45) is 4.11. The molecule has 2 heterocycles. The molecule has 1 aliphatic rings. The summed E-state index contributed by atoms with van der Waals surface area (Å²) < 4.78 is 42.9. The second-order valence-corrected chi connectivity index (χ2v) is 10.3. The number of aromatic nitrogens is 1. The number of piperidine rings is 1. The highest BCUT2D eigenvalue weighted by Gasteiger charge is 2.25. The molecule has 0 spiro atoms. The predicted molar refractivity (Wildman–Crippen MR) is 121 cm³/mol. The summed E-state index contributed by atoms with van der Waals surface area (Å²) in [5, 5.41) is 0.0698. The molecule has 4 rings (SSSR count). The lowest BCUT2D eigenvalue weighted by Crippen LogP contribution is -2.33.